The fourth-order valence-electron chi connectivity index (χ4n) is 3.47. The molecule has 0 radical (unpaired) electrons. The molecule has 0 aliphatic carbocycles. The predicted octanol–water partition coefficient (Wildman–Crippen LogP) is 2.62. The van der Waals surface area contributed by atoms with Crippen molar-refractivity contribution in [1.82, 2.24) is 19.1 Å². The van der Waals surface area contributed by atoms with Crippen molar-refractivity contribution in [3.05, 3.63) is 45.7 Å². The number of anilines is 1. The van der Waals surface area contributed by atoms with Crippen molar-refractivity contribution in [2.45, 2.75) is 38.8 Å². The van der Waals surface area contributed by atoms with Gasteiger partial charge in [-0.2, -0.15) is 0 Å². The predicted molar refractivity (Wildman–Crippen MR) is 106 cm³/mol. The largest absolute Gasteiger partial charge is 0.495 e. The summed E-state index contributed by atoms with van der Waals surface area (Å²) in [4.78, 5) is 34.2. The number of nitrogens with one attached hydrogen (secondary N) is 1. The molecule has 0 bridgehead atoms. The Bertz CT molecular complexity index is 1100. The molecule has 1 N–H and O–H groups in total. The SMILES string of the molecule is COc1ccc(Cl)cc1NC(=O)Cn1cnc2c(nc3n2CCCCC3)c1=O. The Morgan fingerprint density at radius 1 is 1.32 bits per heavy atom. The zero-order chi connectivity index (χ0) is 19.7. The van der Waals surface area contributed by atoms with Gasteiger partial charge >= 0.3 is 0 Å². The molecule has 2 aromatic heterocycles. The number of ether oxygens (including phenoxy) is 1. The van der Waals surface area contributed by atoms with E-state index in [0.29, 0.717) is 27.6 Å². The molecule has 28 heavy (non-hydrogen) atoms. The minimum atomic E-state index is -0.385. The maximum absolute atomic E-state index is 12.8. The number of carbonyl (C=O) groups is 1. The van der Waals surface area contributed by atoms with E-state index in [2.05, 4.69) is 15.3 Å². The summed E-state index contributed by atoms with van der Waals surface area (Å²) in [5, 5.41) is 3.19. The van der Waals surface area contributed by atoms with E-state index in [-0.39, 0.29) is 18.0 Å². The summed E-state index contributed by atoms with van der Waals surface area (Å²) in [5.74, 6) is 0.990. The second-order valence-electron chi connectivity index (χ2n) is 6.73. The Kier molecular flexibility index (Phi) is 5.04. The maximum Gasteiger partial charge on any atom is 0.282 e. The molecule has 9 heteroatoms. The molecule has 1 aromatic carbocycles. The van der Waals surface area contributed by atoms with Crippen molar-refractivity contribution >= 4 is 34.4 Å². The number of aryl methyl sites for hydroxylation is 2. The average molecular weight is 402 g/mol. The molecule has 1 amide bonds. The number of hydrogen-bond donors (Lipinski definition) is 1. The molecule has 1 aliphatic heterocycles. The van der Waals surface area contributed by atoms with Crippen LogP contribution >= 0.6 is 11.6 Å². The second kappa shape index (κ2) is 7.63. The molecule has 0 saturated carbocycles. The van der Waals surface area contributed by atoms with Gasteiger partial charge in [0.2, 0.25) is 5.91 Å². The summed E-state index contributed by atoms with van der Waals surface area (Å²) in [6, 6.07) is 4.92. The first-order chi connectivity index (χ1) is 13.6. The fourth-order valence-corrected chi connectivity index (χ4v) is 3.64. The van der Waals surface area contributed by atoms with Crippen molar-refractivity contribution in [2.75, 3.05) is 12.4 Å². The number of imidazole rings is 1. The molecular formula is C19H20ClN5O3. The van der Waals surface area contributed by atoms with Crippen LogP contribution in [0.2, 0.25) is 5.02 Å². The second-order valence-corrected chi connectivity index (χ2v) is 7.17. The molecule has 0 fully saturated rings. The Balaban J connectivity index is 1.60. The quantitative estimate of drug-likeness (QED) is 0.725. The lowest BCUT2D eigenvalue weighted by atomic mass is 10.2. The van der Waals surface area contributed by atoms with Crippen LogP contribution in [0, 0.1) is 0 Å². The zero-order valence-electron chi connectivity index (χ0n) is 15.4. The van der Waals surface area contributed by atoms with Crippen molar-refractivity contribution < 1.29 is 9.53 Å². The van der Waals surface area contributed by atoms with E-state index in [1.807, 2.05) is 4.57 Å². The lowest BCUT2D eigenvalue weighted by Crippen LogP contribution is -2.28. The highest BCUT2D eigenvalue weighted by Gasteiger charge is 2.18. The van der Waals surface area contributed by atoms with Crippen molar-refractivity contribution in [3.63, 3.8) is 0 Å². The zero-order valence-corrected chi connectivity index (χ0v) is 16.2. The number of rotatable bonds is 4. The van der Waals surface area contributed by atoms with Crippen LogP contribution in [-0.2, 0) is 24.3 Å². The van der Waals surface area contributed by atoms with Crippen LogP contribution < -0.4 is 15.6 Å². The van der Waals surface area contributed by atoms with Gasteiger partial charge in [-0.25, -0.2) is 9.97 Å². The summed E-state index contributed by atoms with van der Waals surface area (Å²) in [6.45, 7) is 0.636. The first-order valence-corrected chi connectivity index (χ1v) is 9.52. The van der Waals surface area contributed by atoms with E-state index in [0.717, 1.165) is 38.1 Å². The van der Waals surface area contributed by atoms with Crippen LogP contribution in [0.1, 0.15) is 25.1 Å². The van der Waals surface area contributed by atoms with Gasteiger partial charge in [-0.3, -0.25) is 14.2 Å². The van der Waals surface area contributed by atoms with Gasteiger partial charge in [0, 0.05) is 18.0 Å². The molecule has 0 atom stereocenters. The van der Waals surface area contributed by atoms with Crippen LogP contribution in [0.25, 0.3) is 11.2 Å². The van der Waals surface area contributed by atoms with Crippen LogP contribution in [0.5, 0.6) is 5.75 Å². The van der Waals surface area contributed by atoms with Crippen molar-refractivity contribution in [3.8, 4) is 5.75 Å². The number of methoxy groups -OCH3 is 1. The van der Waals surface area contributed by atoms with Crippen LogP contribution in [0.15, 0.2) is 29.3 Å². The molecular weight excluding hydrogens is 382 g/mol. The number of carbonyl (C=O) groups excluding carboxylic acids is 1. The number of nitrogens with zero attached hydrogens (tertiary/aromatic N) is 4. The van der Waals surface area contributed by atoms with Crippen LogP contribution in [0.3, 0.4) is 0 Å². The first kappa shape index (κ1) is 18.5. The topological polar surface area (TPSA) is 91.0 Å². The van der Waals surface area contributed by atoms with Crippen LogP contribution in [-0.4, -0.2) is 32.1 Å². The highest BCUT2D eigenvalue weighted by atomic mass is 35.5. The van der Waals surface area contributed by atoms with E-state index >= 15 is 0 Å². The van der Waals surface area contributed by atoms with Crippen molar-refractivity contribution in [1.29, 1.82) is 0 Å². The molecule has 3 aromatic rings. The van der Waals surface area contributed by atoms with Gasteiger partial charge in [0.25, 0.3) is 5.56 Å². The smallest absolute Gasteiger partial charge is 0.282 e. The number of aromatic nitrogens is 4. The van der Waals surface area contributed by atoms with E-state index < -0.39 is 0 Å². The maximum atomic E-state index is 12.8. The Hall–Kier alpha value is -2.87. The standard InChI is InChI=1S/C19H20ClN5O3/c1-28-14-7-6-12(20)9-13(14)22-16(26)10-24-11-21-18-17(19(24)27)23-15-5-3-2-4-8-25(15)18/h6-7,9,11H,2-5,8,10H2,1H3,(H,22,26). The van der Waals surface area contributed by atoms with Gasteiger partial charge in [-0.1, -0.05) is 18.0 Å². The minimum absolute atomic E-state index is 0.181. The lowest BCUT2D eigenvalue weighted by molar-refractivity contribution is -0.116. The number of amides is 1. The molecule has 3 heterocycles. The highest BCUT2D eigenvalue weighted by Crippen LogP contribution is 2.27. The molecule has 4 rings (SSSR count). The Morgan fingerprint density at radius 2 is 2.18 bits per heavy atom. The van der Waals surface area contributed by atoms with Gasteiger partial charge in [0.05, 0.1) is 12.8 Å². The normalized spacial score (nSPS) is 13.8. The number of halogens is 1. The van der Waals surface area contributed by atoms with Crippen LogP contribution in [0.4, 0.5) is 5.69 Å². The van der Waals surface area contributed by atoms with Crippen molar-refractivity contribution in [2.24, 2.45) is 0 Å². The molecule has 0 saturated heterocycles. The third kappa shape index (κ3) is 3.47. The van der Waals surface area contributed by atoms with Gasteiger partial charge < -0.3 is 14.6 Å². The van der Waals surface area contributed by atoms with Gasteiger partial charge in [-0.15, -0.1) is 0 Å². The van der Waals surface area contributed by atoms with Gasteiger partial charge in [0.1, 0.15) is 24.4 Å². The molecule has 0 spiro atoms. The third-order valence-electron chi connectivity index (χ3n) is 4.83. The summed E-state index contributed by atoms with van der Waals surface area (Å²) < 4.78 is 8.51. The summed E-state index contributed by atoms with van der Waals surface area (Å²) in [7, 11) is 1.50. The molecule has 1 aliphatic rings. The van der Waals surface area contributed by atoms with E-state index in [1.54, 1.807) is 18.2 Å². The van der Waals surface area contributed by atoms with E-state index in [4.69, 9.17) is 16.3 Å². The molecule has 146 valence electrons. The number of benzene rings is 1. The Morgan fingerprint density at radius 3 is 3.00 bits per heavy atom. The average Bonchev–Trinajstić information content (AvgIpc) is 2.86. The Labute approximate surface area is 166 Å². The number of fused-ring (bicyclic) bond motifs is 3. The fraction of sp³-hybridized carbons (Fsp3) is 0.368. The summed E-state index contributed by atoms with van der Waals surface area (Å²) in [6.07, 6.45) is 5.49. The third-order valence-corrected chi connectivity index (χ3v) is 5.07. The first-order valence-electron chi connectivity index (χ1n) is 9.15. The van der Waals surface area contributed by atoms with Gasteiger partial charge in [-0.05, 0) is 31.0 Å². The number of hydrogen-bond acceptors (Lipinski definition) is 5. The monoisotopic (exact) mass is 401 g/mol. The summed E-state index contributed by atoms with van der Waals surface area (Å²) >= 11 is 5.99. The molecule has 0 unspecified atom stereocenters. The van der Waals surface area contributed by atoms with E-state index in [9.17, 15) is 9.59 Å². The van der Waals surface area contributed by atoms with Gasteiger partial charge in [0.15, 0.2) is 11.2 Å². The molecule has 8 nitrogen and oxygen atoms in total. The minimum Gasteiger partial charge on any atom is -0.495 e. The van der Waals surface area contributed by atoms with E-state index in [1.165, 1.54) is 18.0 Å². The summed E-state index contributed by atoms with van der Waals surface area (Å²) in [5.41, 5.74) is 1.03. The highest BCUT2D eigenvalue weighted by molar-refractivity contribution is 6.31. The lowest BCUT2D eigenvalue weighted by Gasteiger charge is -2.11.